The Morgan fingerprint density at radius 1 is 0.894 bits per heavy atom. The molecule has 13 unspecified atom stereocenters. The van der Waals surface area contributed by atoms with Crippen molar-refractivity contribution in [2.45, 2.75) is 170 Å². The summed E-state index contributed by atoms with van der Waals surface area (Å²) in [6, 6.07) is 16.0. The maximum absolute atomic E-state index is 13.8. The highest BCUT2D eigenvalue weighted by Gasteiger charge is 2.85. The lowest BCUT2D eigenvalue weighted by atomic mass is 9.45. The minimum Gasteiger partial charge on any atom is -0.390 e. The number of likely N-dealkylation sites (N-methyl/N-ethyl adjacent to an activating group) is 1. The second-order valence-electron chi connectivity index (χ2n) is 20.6. The highest BCUT2D eigenvalue weighted by Crippen LogP contribution is 2.69. The Hall–Kier alpha value is -2.32. The van der Waals surface area contributed by atoms with E-state index >= 15 is 0 Å². The maximum atomic E-state index is 13.8. The lowest BCUT2D eigenvalue weighted by molar-refractivity contribution is -0.392. The second-order valence-corrected chi connectivity index (χ2v) is 20.6. The van der Waals surface area contributed by atoms with E-state index < -0.39 is 132 Å². The summed E-state index contributed by atoms with van der Waals surface area (Å²) in [7, 11) is 1.52. The fourth-order valence-corrected chi connectivity index (χ4v) is 11.7. The van der Waals surface area contributed by atoms with Gasteiger partial charge >= 0.3 is 0 Å². The third-order valence-corrected chi connectivity index (χ3v) is 14.7. The second kappa shape index (κ2) is 19.5. The number of nitrogens with zero attached hydrogens (tertiary/aromatic N) is 1. The van der Waals surface area contributed by atoms with Crippen LogP contribution in [-0.4, -0.2) is 179 Å². The number of epoxide rings is 1. The molecule has 2 saturated heterocycles. The SMILES string of the molecule is CC(O)O[C@@]12COC1CC(O)C13OC1C(O)C1C(C)[C@@H](OC(O)[C@H](OC(O)CN(C)CC(O)O)[C@@H](NC(O)OC(C)(C)C)c4ccccc4)CC(O)([C@@H](OC(O)c4ccccc4)[C@@H]32)C1(C)C. The van der Waals surface area contributed by atoms with Crippen molar-refractivity contribution in [3.63, 3.8) is 0 Å². The molecule has 5 aliphatic rings. The fraction of sp³-hybridized carbons (Fsp3) is 0.745. The summed E-state index contributed by atoms with van der Waals surface area (Å²) < 4.78 is 44.2. The van der Waals surface area contributed by atoms with Gasteiger partial charge in [-0.1, -0.05) is 81.4 Å². The molecule has 19 heteroatoms. The van der Waals surface area contributed by atoms with Crippen LogP contribution in [0.1, 0.15) is 84.8 Å². The van der Waals surface area contributed by atoms with E-state index in [1.54, 1.807) is 102 Å². The number of hydrogen-bond acceptors (Lipinski definition) is 19. The molecule has 0 amide bonds. The van der Waals surface area contributed by atoms with Crippen LogP contribution in [0.3, 0.4) is 0 Å². The molecule has 2 heterocycles. The van der Waals surface area contributed by atoms with Gasteiger partial charge in [-0.15, -0.1) is 0 Å². The van der Waals surface area contributed by atoms with Gasteiger partial charge in [-0.25, -0.2) is 0 Å². The lowest BCUT2D eigenvalue weighted by Crippen LogP contribution is -2.81. The highest BCUT2D eigenvalue weighted by molar-refractivity contribution is 5.33. The Morgan fingerprint density at radius 3 is 2.08 bits per heavy atom. The Bertz CT molecular complexity index is 1890. The number of hydrogen-bond donors (Lipinski definition) is 11. The van der Waals surface area contributed by atoms with Gasteiger partial charge in [-0.2, -0.15) is 0 Å². The van der Waals surface area contributed by atoms with E-state index in [4.69, 9.17) is 33.2 Å². The first-order valence-corrected chi connectivity index (χ1v) is 22.9. The van der Waals surface area contributed by atoms with E-state index in [0.717, 1.165) is 0 Å². The van der Waals surface area contributed by atoms with Gasteiger partial charge in [0.05, 0.1) is 60.3 Å². The quantitative estimate of drug-likeness (QED) is 0.0650. The molecule has 7 rings (SSSR count). The van der Waals surface area contributed by atoms with Crippen LogP contribution in [0, 0.1) is 23.2 Å². The smallest absolute Gasteiger partial charge is 0.214 e. The van der Waals surface area contributed by atoms with Crippen molar-refractivity contribution in [1.82, 2.24) is 10.2 Å². The van der Waals surface area contributed by atoms with Gasteiger partial charge in [0.15, 0.2) is 31.5 Å². The van der Waals surface area contributed by atoms with Crippen LogP contribution in [0.25, 0.3) is 0 Å². The first-order chi connectivity index (χ1) is 30.9. The number of aliphatic hydroxyl groups excluding tert-OH is 8. The Morgan fingerprint density at radius 2 is 1.52 bits per heavy atom. The third kappa shape index (κ3) is 9.74. The number of aliphatic hydroxyl groups is 10. The molecule has 1 spiro atoms. The molecular weight excluding hydrogens is 865 g/mol. The highest BCUT2D eigenvalue weighted by atomic mass is 16.7. The van der Waals surface area contributed by atoms with Crippen molar-refractivity contribution < 1.29 is 84.2 Å². The van der Waals surface area contributed by atoms with Crippen LogP contribution in [-0.2, 0) is 33.2 Å². The maximum Gasteiger partial charge on any atom is 0.214 e. The van der Waals surface area contributed by atoms with Gasteiger partial charge in [0.1, 0.15) is 23.4 Å². The molecule has 2 bridgehead atoms. The summed E-state index contributed by atoms with van der Waals surface area (Å²) in [5.41, 5.74) is -6.46. The first kappa shape index (κ1) is 51.5. The number of ether oxygens (including phenoxy) is 7. The zero-order valence-electron chi connectivity index (χ0n) is 38.9. The summed E-state index contributed by atoms with van der Waals surface area (Å²) in [6.45, 7) is 11.4. The summed E-state index contributed by atoms with van der Waals surface area (Å²) in [6.07, 6.45) is -19.0. The average molecular weight is 937 g/mol. The van der Waals surface area contributed by atoms with Crippen molar-refractivity contribution in [3.8, 4) is 0 Å². The zero-order valence-corrected chi connectivity index (χ0v) is 38.9. The van der Waals surface area contributed by atoms with E-state index in [1.807, 2.05) is 0 Å². The van der Waals surface area contributed by atoms with Gasteiger partial charge in [-0.3, -0.25) is 10.2 Å². The van der Waals surface area contributed by atoms with Gasteiger partial charge in [-0.05, 0) is 46.2 Å². The van der Waals surface area contributed by atoms with E-state index in [0.29, 0.717) is 11.1 Å². The van der Waals surface area contributed by atoms with Gasteiger partial charge in [0.2, 0.25) is 6.41 Å². The summed E-state index contributed by atoms with van der Waals surface area (Å²) >= 11 is 0. The largest absolute Gasteiger partial charge is 0.390 e. The van der Waals surface area contributed by atoms with Crippen LogP contribution < -0.4 is 5.32 Å². The van der Waals surface area contributed by atoms with Crippen molar-refractivity contribution in [1.29, 1.82) is 0 Å². The van der Waals surface area contributed by atoms with Gasteiger partial charge in [0, 0.05) is 42.8 Å². The summed E-state index contributed by atoms with van der Waals surface area (Å²) in [5.74, 6) is -2.77. The topological polar surface area (TPSA) is 285 Å². The molecule has 2 aliphatic heterocycles. The first-order valence-electron chi connectivity index (χ1n) is 22.9. The molecule has 3 saturated carbocycles. The molecule has 19 atom stereocenters. The predicted molar refractivity (Wildman–Crippen MR) is 232 cm³/mol. The van der Waals surface area contributed by atoms with Gasteiger partial charge < -0.3 is 84.2 Å². The Labute approximate surface area is 385 Å². The summed E-state index contributed by atoms with van der Waals surface area (Å²) in [4.78, 5) is 1.40. The van der Waals surface area contributed by atoms with Crippen molar-refractivity contribution >= 4 is 0 Å². The number of rotatable bonds is 19. The monoisotopic (exact) mass is 936 g/mol. The molecule has 5 fully saturated rings. The van der Waals surface area contributed by atoms with Crippen LogP contribution >= 0.6 is 0 Å². The van der Waals surface area contributed by atoms with Crippen LogP contribution in [0.2, 0.25) is 0 Å². The Balaban J connectivity index is 1.32. The minimum atomic E-state index is -2.12. The minimum absolute atomic E-state index is 0.0239. The zero-order chi connectivity index (χ0) is 48.3. The summed E-state index contributed by atoms with van der Waals surface area (Å²) in [5, 5.41) is 118. The van der Waals surface area contributed by atoms with Crippen LogP contribution in [0.15, 0.2) is 60.7 Å². The lowest BCUT2D eigenvalue weighted by Gasteiger charge is -2.67. The van der Waals surface area contributed by atoms with E-state index in [1.165, 1.54) is 18.9 Å². The molecule has 0 aromatic heterocycles. The number of fused-ring (bicyclic) bond motifs is 4. The third-order valence-electron chi connectivity index (χ3n) is 14.7. The van der Waals surface area contributed by atoms with Crippen molar-refractivity contribution in [2.75, 3.05) is 26.7 Å². The van der Waals surface area contributed by atoms with Crippen molar-refractivity contribution in [3.05, 3.63) is 71.8 Å². The molecule has 19 nitrogen and oxygen atoms in total. The van der Waals surface area contributed by atoms with Gasteiger partial charge in [0.25, 0.3) is 0 Å². The molecule has 3 aliphatic carbocycles. The normalized spacial score (nSPS) is 38.0. The van der Waals surface area contributed by atoms with Crippen molar-refractivity contribution in [2.24, 2.45) is 23.2 Å². The molecule has 11 N–H and O–H groups in total. The van der Waals surface area contributed by atoms with Crippen LogP contribution in [0.5, 0.6) is 0 Å². The Kier molecular flexibility index (Phi) is 15.2. The standard InChI is InChI=1S/C47H72N2O17/c1-24-28(61-41(57)36(62-32(54)22-49(8)21-31(52)53)34(26-15-11-9-12-16-26)48-42(58)66-43(3,4)5)20-46(59)39(63-40(56)27-17-13-10-14-18-27)37-45(64-25(2)50)23-60-30(45)19-29(51)47(37)38(65-47)35(55)33(24)44(46,6)7/h9-18,24-25,28-42,48,50-59H,19-23H2,1-8H3/t24?,25?,28-,29?,30?,32?,33?,34-,35?,36+,37+,38?,39-,40?,41?,42?,45-,46?,47?/m0/s1. The molecule has 2 aromatic carbocycles. The predicted octanol–water partition coefficient (Wildman–Crippen LogP) is -0.0670. The fourth-order valence-electron chi connectivity index (χ4n) is 11.7. The number of benzene rings is 2. The van der Waals surface area contributed by atoms with E-state index in [2.05, 4.69) is 5.32 Å². The molecule has 0 radical (unpaired) electrons. The average Bonchev–Trinajstić information content (AvgIpc) is 3.97. The molecule has 2 aromatic rings. The van der Waals surface area contributed by atoms with E-state index in [-0.39, 0.29) is 32.5 Å². The molecule has 372 valence electrons. The number of nitrogens with one attached hydrogen (secondary N) is 1. The molecular formula is C47H72N2O17. The van der Waals surface area contributed by atoms with Crippen LogP contribution in [0.4, 0.5) is 0 Å². The van der Waals surface area contributed by atoms with E-state index in [9.17, 15) is 51.1 Å². The molecule has 66 heavy (non-hydrogen) atoms.